The molecule has 368 valence electrons. The third-order valence-electron chi connectivity index (χ3n) is 15.4. The second-order valence-corrected chi connectivity index (χ2v) is 20.0. The van der Waals surface area contributed by atoms with Crippen LogP contribution in [0.15, 0.2) is 166 Å². The Balaban J connectivity index is 1.18. The van der Waals surface area contributed by atoms with Gasteiger partial charge in [0.2, 0.25) is 0 Å². The minimum atomic E-state index is -0.312. The molecule has 0 fully saturated rings. The number of carbonyl (C=O) groups excluding carboxylic acids is 4. The largest absolute Gasteiger partial charge is 0.274 e. The monoisotopic (exact) mass is 974 g/mol. The average molecular weight is 975 g/mol. The van der Waals surface area contributed by atoms with Crippen molar-refractivity contribution in [3.05, 3.63) is 168 Å². The highest BCUT2D eigenvalue weighted by Gasteiger charge is 2.39. The number of nitrogens with zero attached hydrogens (tertiary/aromatic N) is 6. The van der Waals surface area contributed by atoms with Crippen LogP contribution in [0.5, 0.6) is 0 Å². The molecular weight excluding hydrogens is 917 g/mol. The predicted molar refractivity (Wildman–Crippen MR) is 297 cm³/mol. The number of hydrogen-bond donors (Lipinski definition) is 0. The quantitative estimate of drug-likeness (QED) is 0.0367. The molecule has 9 aromatic carbocycles. The van der Waals surface area contributed by atoms with Crippen molar-refractivity contribution in [3.63, 3.8) is 0 Å². The van der Waals surface area contributed by atoms with Crippen molar-refractivity contribution in [2.45, 2.75) is 79.1 Å². The van der Waals surface area contributed by atoms with Crippen LogP contribution in [0.3, 0.4) is 0 Å². The summed E-state index contributed by atoms with van der Waals surface area (Å²) in [4.78, 5) is 63.2. The fourth-order valence-corrected chi connectivity index (χ4v) is 11.3. The van der Waals surface area contributed by atoms with Gasteiger partial charge in [0, 0.05) is 46.1 Å². The molecule has 0 saturated carbocycles. The Bertz CT molecular complexity index is 3460. The first-order valence-corrected chi connectivity index (χ1v) is 26.4. The molecule has 2 unspecified atom stereocenters. The molecule has 0 aromatic heterocycles. The zero-order valence-electron chi connectivity index (χ0n) is 42.4. The normalized spacial score (nSPS) is 14.6. The van der Waals surface area contributed by atoms with Crippen LogP contribution in [0.1, 0.15) is 120 Å². The van der Waals surface area contributed by atoms with Crippen LogP contribution in [0.2, 0.25) is 0 Å². The lowest BCUT2D eigenvalue weighted by Crippen LogP contribution is -2.43. The van der Waals surface area contributed by atoms with Crippen LogP contribution in [0.4, 0.5) is 22.7 Å². The molecule has 11 rings (SSSR count). The first kappa shape index (κ1) is 48.1. The molecule has 0 N–H and O–H groups in total. The van der Waals surface area contributed by atoms with E-state index in [4.69, 9.17) is 0 Å². The minimum Gasteiger partial charge on any atom is -0.274 e. The van der Waals surface area contributed by atoms with Gasteiger partial charge in [-0.1, -0.05) is 139 Å². The Hall–Kier alpha value is -8.24. The van der Waals surface area contributed by atoms with Gasteiger partial charge in [0.25, 0.3) is 23.6 Å². The van der Waals surface area contributed by atoms with Gasteiger partial charge >= 0.3 is 0 Å². The first-order chi connectivity index (χ1) is 36.2. The van der Waals surface area contributed by atoms with Crippen LogP contribution in [-0.4, -0.2) is 46.5 Å². The van der Waals surface area contributed by atoms with Gasteiger partial charge in [0.15, 0.2) is 0 Å². The molecule has 74 heavy (non-hydrogen) atoms. The van der Waals surface area contributed by atoms with Gasteiger partial charge in [0.1, 0.15) is 0 Å². The summed E-state index contributed by atoms with van der Waals surface area (Å²) in [6.45, 7) is 9.25. The van der Waals surface area contributed by atoms with Gasteiger partial charge in [-0.2, -0.15) is 20.5 Å². The number of amides is 4. The van der Waals surface area contributed by atoms with E-state index in [1.807, 2.05) is 146 Å². The van der Waals surface area contributed by atoms with Crippen molar-refractivity contribution >= 4 is 89.5 Å². The lowest BCUT2D eigenvalue weighted by molar-refractivity contribution is 0.0565. The maximum atomic E-state index is 15.2. The standard InChI is InChI=1S/C64H58N6O4/c1-5-9-17-39(7-3)37-69-61(71)49-33-31-47-56-52(42-25-29-46(30-26-42)68-66-44-21-15-12-16-22-44)36-54-58-50(62(72)70(64(54)74)38-40(8-4)18-10-6-2)34-32-48(60(56)58)55-51(35-53(63(69)73)57(49)59(47)55)41-23-27-45(28-24-41)67-65-43-19-13-11-14-20-43/h11-16,19-36,39-40H,5-10,17-18,37-38H2,1-4H3. The summed E-state index contributed by atoms with van der Waals surface area (Å²) < 4.78 is 0. The van der Waals surface area contributed by atoms with E-state index in [-0.39, 0.29) is 35.5 Å². The molecule has 0 aliphatic carbocycles. The fraction of sp³-hybridized carbons (Fsp3) is 0.250. The number of rotatable bonds is 18. The Kier molecular flexibility index (Phi) is 13.2. The molecule has 9 aromatic rings. The topological polar surface area (TPSA) is 124 Å². The number of imide groups is 2. The molecule has 2 aliphatic heterocycles. The molecule has 2 aliphatic rings. The highest BCUT2D eigenvalue weighted by atomic mass is 16.2. The van der Waals surface area contributed by atoms with E-state index < -0.39 is 0 Å². The van der Waals surface area contributed by atoms with Crippen molar-refractivity contribution in [1.29, 1.82) is 0 Å². The maximum absolute atomic E-state index is 15.2. The lowest BCUT2D eigenvalue weighted by Gasteiger charge is -2.33. The number of benzene rings is 9. The first-order valence-electron chi connectivity index (χ1n) is 26.4. The van der Waals surface area contributed by atoms with Gasteiger partial charge in [-0.15, -0.1) is 0 Å². The summed E-state index contributed by atoms with van der Waals surface area (Å²) in [7, 11) is 0. The van der Waals surface area contributed by atoms with Gasteiger partial charge in [-0.25, -0.2) is 0 Å². The molecule has 0 spiro atoms. The molecule has 0 radical (unpaired) electrons. The van der Waals surface area contributed by atoms with Gasteiger partial charge in [0.05, 0.1) is 22.7 Å². The number of carbonyl (C=O) groups is 4. The zero-order valence-corrected chi connectivity index (χ0v) is 42.4. The minimum absolute atomic E-state index is 0.167. The summed E-state index contributed by atoms with van der Waals surface area (Å²) >= 11 is 0. The molecule has 0 saturated heterocycles. The number of hydrogen-bond acceptors (Lipinski definition) is 8. The SMILES string of the molecule is CCCCC(CC)CN1C(=O)c2ccc3c4c(-c5ccc(N=Nc6ccccc6)cc5)cc5c6c(ccc(c7c(-c8ccc(N=Nc9ccccc9)cc8)cc(c2c37)C1=O)c64)C(=O)N(CC(CC)CCCC)C5=O. The molecule has 10 nitrogen and oxygen atoms in total. The van der Waals surface area contributed by atoms with Crippen molar-refractivity contribution in [2.24, 2.45) is 32.3 Å². The van der Waals surface area contributed by atoms with Crippen molar-refractivity contribution in [3.8, 4) is 22.3 Å². The Morgan fingerprint density at radius 1 is 0.365 bits per heavy atom. The van der Waals surface area contributed by atoms with E-state index >= 15 is 9.59 Å². The van der Waals surface area contributed by atoms with Crippen molar-refractivity contribution in [1.82, 2.24) is 9.80 Å². The Morgan fingerprint density at radius 3 is 1.07 bits per heavy atom. The second kappa shape index (κ2) is 20.3. The highest BCUT2D eigenvalue weighted by molar-refractivity contribution is 6.44. The molecule has 0 bridgehead atoms. The fourth-order valence-electron chi connectivity index (χ4n) is 11.3. The highest BCUT2D eigenvalue weighted by Crippen LogP contribution is 2.52. The Labute approximate surface area is 431 Å². The van der Waals surface area contributed by atoms with Gasteiger partial charge in [-0.05, 0) is 152 Å². The van der Waals surface area contributed by atoms with Crippen LogP contribution in [0.25, 0.3) is 65.3 Å². The maximum Gasteiger partial charge on any atom is 0.261 e. The molecule has 2 heterocycles. The van der Waals surface area contributed by atoms with E-state index in [9.17, 15) is 9.59 Å². The summed E-state index contributed by atoms with van der Waals surface area (Å²) in [6.07, 6.45) is 7.65. The van der Waals surface area contributed by atoms with Crippen LogP contribution in [-0.2, 0) is 0 Å². The molecule has 10 heteroatoms. The second-order valence-electron chi connectivity index (χ2n) is 20.0. The van der Waals surface area contributed by atoms with Crippen LogP contribution < -0.4 is 0 Å². The number of fused-ring (bicyclic) bond motifs is 2. The zero-order chi connectivity index (χ0) is 51.0. The average Bonchev–Trinajstić information content (AvgIpc) is 3.48. The lowest BCUT2D eigenvalue weighted by atomic mass is 9.77. The predicted octanol–water partition coefficient (Wildman–Crippen LogP) is 17.5. The third-order valence-corrected chi connectivity index (χ3v) is 15.4. The van der Waals surface area contributed by atoms with Crippen molar-refractivity contribution < 1.29 is 19.2 Å². The van der Waals surface area contributed by atoms with Gasteiger partial charge < -0.3 is 0 Å². The van der Waals surface area contributed by atoms with E-state index in [0.29, 0.717) is 57.5 Å². The molecular formula is C64H58N6O4. The number of azo groups is 2. The smallest absolute Gasteiger partial charge is 0.261 e. The molecule has 4 amide bonds. The van der Waals surface area contributed by atoms with Crippen LogP contribution in [0, 0.1) is 11.8 Å². The van der Waals surface area contributed by atoms with E-state index in [2.05, 4.69) is 48.2 Å². The Morgan fingerprint density at radius 2 is 0.716 bits per heavy atom. The van der Waals surface area contributed by atoms with E-state index in [0.717, 1.165) is 117 Å². The van der Waals surface area contributed by atoms with E-state index in [1.165, 1.54) is 9.80 Å². The van der Waals surface area contributed by atoms with Crippen molar-refractivity contribution in [2.75, 3.05) is 13.1 Å². The number of unbranched alkanes of at least 4 members (excludes halogenated alkanes) is 2. The summed E-state index contributed by atoms with van der Waals surface area (Å²) in [5, 5.41) is 24.1. The third kappa shape index (κ3) is 8.51. The van der Waals surface area contributed by atoms with Gasteiger partial charge in [-0.3, -0.25) is 29.0 Å². The summed E-state index contributed by atoms with van der Waals surface area (Å²) in [5.74, 6) is -0.887. The summed E-state index contributed by atoms with van der Waals surface area (Å²) in [6, 6.07) is 46.5. The summed E-state index contributed by atoms with van der Waals surface area (Å²) in [5.41, 5.74) is 7.91. The molecule has 2 atom stereocenters. The van der Waals surface area contributed by atoms with E-state index in [1.54, 1.807) is 0 Å². The van der Waals surface area contributed by atoms with Crippen LogP contribution >= 0.6 is 0 Å².